The molecule has 0 unspecified atom stereocenters. The van der Waals surface area contributed by atoms with Gasteiger partial charge in [-0.05, 0) is 49.6 Å². The second-order valence-corrected chi connectivity index (χ2v) is 8.93. The Morgan fingerprint density at radius 1 is 1.00 bits per heavy atom. The zero-order valence-electron chi connectivity index (χ0n) is 14.6. The number of benzene rings is 1. The standard InChI is InChI=1S/C18H17F5N2OS/c1-12-3-10-17-24-13(2)18(25(17)11-12)16(26)9-6-14-4-7-15(8-5-14)27(19,20,21,22)23/h3-5,7-8,10-11H,6,9H2,1-2H3. The number of pyridine rings is 1. The second kappa shape index (κ2) is 5.54. The Labute approximate surface area is 152 Å². The van der Waals surface area contributed by atoms with Crippen molar-refractivity contribution in [2.45, 2.75) is 31.6 Å². The largest absolute Gasteiger partial charge is 0.310 e. The van der Waals surface area contributed by atoms with Gasteiger partial charge in [-0.1, -0.05) is 37.6 Å². The molecule has 0 fully saturated rings. The maximum absolute atomic E-state index is 12.7. The Hall–Kier alpha value is -2.42. The highest BCUT2D eigenvalue weighted by molar-refractivity contribution is 8.45. The van der Waals surface area contributed by atoms with Crippen molar-refractivity contribution in [1.29, 1.82) is 0 Å². The molecule has 0 spiro atoms. The number of halogens is 5. The summed E-state index contributed by atoms with van der Waals surface area (Å²) in [5.41, 5.74) is 2.91. The summed E-state index contributed by atoms with van der Waals surface area (Å²) in [5, 5.41) is 0. The number of carbonyl (C=O) groups excluding carboxylic acids is 1. The molecule has 0 bridgehead atoms. The summed E-state index contributed by atoms with van der Waals surface area (Å²) in [7, 11) is -9.67. The van der Waals surface area contributed by atoms with Crippen LogP contribution in [0.5, 0.6) is 0 Å². The molecule has 0 saturated carbocycles. The quantitative estimate of drug-likeness (QED) is 0.363. The fraction of sp³-hybridized carbons (Fsp3) is 0.222. The number of aryl methyl sites for hydroxylation is 3. The van der Waals surface area contributed by atoms with Gasteiger partial charge in [0, 0.05) is 12.6 Å². The average Bonchev–Trinajstić information content (AvgIpc) is 2.86. The van der Waals surface area contributed by atoms with Gasteiger partial charge in [0.05, 0.1) is 5.69 Å². The number of nitrogens with zero attached hydrogens (tertiary/aromatic N) is 2. The monoisotopic (exact) mass is 404 g/mol. The smallest absolute Gasteiger partial charge is 0.297 e. The number of hydrogen-bond acceptors (Lipinski definition) is 2. The first-order valence-corrected chi connectivity index (χ1v) is 10.0. The van der Waals surface area contributed by atoms with Gasteiger partial charge in [-0.25, -0.2) is 4.98 Å². The van der Waals surface area contributed by atoms with Crippen LogP contribution < -0.4 is 0 Å². The topological polar surface area (TPSA) is 34.4 Å². The summed E-state index contributed by atoms with van der Waals surface area (Å²) in [5.74, 6) is -0.220. The van der Waals surface area contributed by atoms with Crippen molar-refractivity contribution in [3.63, 3.8) is 0 Å². The number of Topliss-reactive ketones (excluding diaryl/α,β-unsaturated/α-hetero) is 1. The van der Waals surface area contributed by atoms with Crippen molar-refractivity contribution in [3.05, 3.63) is 65.1 Å². The Morgan fingerprint density at radius 2 is 1.63 bits per heavy atom. The van der Waals surface area contributed by atoms with Crippen molar-refractivity contribution >= 4 is 21.7 Å². The van der Waals surface area contributed by atoms with Gasteiger partial charge in [-0.2, -0.15) is 0 Å². The summed E-state index contributed by atoms with van der Waals surface area (Å²) in [6.45, 7) is 3.59. The van der Waals surface area contributed by atoms with Crippen LogP contribution in [0.1, 0.15) is 33.7 Å². The predicted molar refractivity (Wildman–Crippen MR) is 95.2 cm³/mol. The molecule has 1 aromatic carbocycles. The molecule has 146 valence electrons. The third kappa shape index (κ3) is 4.13. The Balaban J connectivity index is 1.79. The molecule has 3 aromatic rings. The van der Waals surface area contributed by atoms with Gasteiger partial charge >= 0.3 is 10.2 Å². The molecule has 3 rings (SSSR count). The van der Waals surface area contributed by atoms with Gasteiger partial charge in [-0.3, -0.25) is 9.20 Å². The van der Waals surface area contributed by atoms with Gasteiger partial charge < -0.3 is 0 Å². The molecule has 0 radical (unpaired) electrons. The minimum Gasteiger partial charge on any atom is -0.297 e. The fourth-order valence-corrected chi connectivity index (χ4v) is 3.54. The first-order valence-electron chi connectivity index (χ1n) is 8.06. The molecule has 0 aliphatic rings. The first kappa shape index (κ1) is 19.3. The molecule has 3 nitrogen and oxygen atoms in total. The molecule has 27 heavy (non-hydrogen) atoms. The minimum absolute atomic E-state index is 0.0261. The van der Waals surface area contributed by atoms with E-state index in [0.29, 0.717) is 34.7 Å². The van der Waals surface area contributed by atoms with E-state index in [9.17, 15) is 24.2 Å². The summed E-state index contributed by atoms with van der Waals surface area (Å²) >= 11 is 0. The molecule has 0 N–H and O–H groups in total. The highest BCUT2D eigenvalue weighted by Gasteiger charge is 2.65. The third-order valence-corrected chi connectivity index (χ3v) is 5.38. The molecule has 9 heteroatoms. The molecular formula is C18H17F5N2OS. The molecule has 0 amide bonds. The van der Waals surface area contributed by atoms with E-state index in [4.69, 9.17) is 0 Å². The van der Waals surface area contributed by atoms with E-state index in [0.717, 1.165) is 17.7 Å². The summed E-state index contributed by atoms with van der Waals surface area (Å²) in [6, 6.07) is 6.35. The van der Waals surface area contributed by atoms with Crippen LogP contribution in [-0.4, -0.2) is 15.2 Å². The van der Waals surface area contributed by atoms with E-state index < -0.39 is 15.1 Å². The van der Waals surface area contributed by atoms with Crippen LogP contribution in [0.25, 0.3) is 5.65 Å². The van der Waals surface area contributed by atoms with E-state index >= 15 is 0 Å². The molecule has 2 aromatic heterocycles. The zero-order valence-corrected chi connectivity index (χ0v) is 15.4. The van der Waals surface area contributed by atoms with E-state index in [1.165, 1.54) is 0 Å². The molecule has 0 aliphatic heterocycles. The summed E-state index contributed by atoms with van der Waals surface area (Å²) in [6.07, 6.45) is 1.95. The van der Waals surface area contributed by atoms with Crippen molar-refractivity contribution in [2.24, 2.45) is 0 Å². The van der Waals surface area contributed by atoms with Gasteiger partial charge in [0.1, 0.15) is 16.2 Å². The number of rotatable bonds is 5. The van der Waals surface area contributed by atoms with Crippen molar-refractivity contribution in [1.82, 2.24) is 9.38 Å². The van der Waals surface area contributed by atoms with Gasteiger partial charge in [0.15, 0.2) is 5.78 Å². The van der Waals surface area contributed by atoms with Crippen LogP contribution in [0.2, 0.25) is 0 Å². The molecule has 0 saturated heterocycles. The molecular weight excluding hydrogens is 387 g/mol. The minimum atomic E-state index is -9.67. The zero-order chi connectivity index (χ0) is 20.1. The van der Waals surface area contributed by atoms with Gasteiger partial charge in [-0.15, -0.1) is 0 Å². The first-order chi connectivity index (χ1) is 12.2. The van der Waals surface area contributed by atoms with E-state index in [1.54, 1.807) is 23.6 Å². The van der Waals surface area contributed by atoms with Crippen LogP contribution in [0.4, 0.5) is 19.4 Å². The maximum atomic E-state index is 12.7. The van der Waals surface area contributed by atoms with E-state index in [2.05, 4.69) is 4.98 Å². The van der Waals surface area contributed by atoms with Crippen molar-refractivity contribution in [2.75, 3.05) is 0 Å². The van der Waals surface area contributed by atoms with Crippen molar-refractivity contribution < 1.29 is 24.2 Å². The number of hydrogen-bond donors (Lipinski definition) is 0. The summed E-state index contributed by atoms with van der Waals surface area (Å²) in [4.78, 5) is 15.0. The highest BCUT2D eigenvalue weighted by Crippen LogP contribution is 3.02. The van der Waals surface area contributed by atoms with Gasteiger partial charge in [0.25, 0.3) is 0 Å². The van der Waals surface area contributed by atoms with Crippen LogP contribution in [-0.2, 0) is 6.42 Å². The predicted octanol–water partition coefficient (Wildman–Crippen LogP) is 6.42. The lowest BCUT2D eigenvalue weighted by Crippen LogP contribution is -2.08. The Kier molecular flexibility index (Phi) is 3.97. The maximum Gasteiger partial charge on any atom is 0.310 e. The lowest BCUT2D eigenvalue weighted by atomic mass is 10.1. The van der Waals surface area contributed by atoms with Crippen LogP contribution in [0.15, 0.2) is 47.5 Å². The number of ketones is 1. The van der Waals surface area contributed by atoms with Crippen LogP contribution >= 0.6 is 10.2 Å². The van der Waals surface area contributed by atoms with Gasteiger partial charge in [0.2, 0.25) is 0 Å². The fourth-order valence-electron chi connectivity index (χ4n) is 2.89. The number of fused-ring (bicyclic) bond motifs is 1. The number of aromatic nitrogens is 2. The van der Waals surface area contributed by atoms with E-state index in [-0.39, 0.29) is 18.6 Å². The van der Waals surface area contributed by atoms with Crippen LogP contribution in [0, 0.1) is 13.8 Å². The van der Waals surface area contributed by atoms with E-state index in [1.807, 2.05) is 13.0 Å². The normalized spacial score (nSPS) is 14.8. The Morgan fingerprint density at radius 3 is 2.22 bits per heavy atom. The molecule has 0 aliphatic carbocycles. The Bertz CT molecular complexity index is 1040. The summed E-state index contributed by atoms with van der Waals surface area (Å²) < 4.78 is 65.4. The molecule has 2 heterocycles. The highest BCUT2D eigenvalue weighted by atomic mass is 32.5. The van der Waals surface area contributed by atoms with Crippen LogP contribution in [0.3, 0.4) is 0 Å². The SMILES string of the molecule is Cc1ccc2nc(C)c(C(=O)CCc3ccc(S(F)(F)(F)(F)F)cc3)n2c1. The lowest BCUT2D eigenvalue weighted by Gasteiger charge is -2.40. The number of imidazole rings is 1. The lowest BCUT2D eigenvalue weighted by molar-refractivity contribution is 0.0976. The average molecular weight is 404 g/mol. The molecule has 0 atom stereocenters. The number of carbonyl (C=O) groups is 1. The third-order valence-electron chi connectivity index (χ3n) is 4.21. The second-order valence-electron chi connectivity index (χ2n) is 6.52. The van der Waals surface area contributed by atoms with Crippen molar-refractivity contribution in [3.8, 4) is 0 Å².